The van der Waals surface area contributed by atoms with Gasteiger partial charge in [-0.15, -0.1) is 0 Å². The van der Waals surface area contributed by atoms with Crippen LogP contribution in [0.2, 0.25) is 0 Å². The number of aryl methyl sites for hydroxylation is 2. The number of fused-ring (bicyclic) bond motifs is 1. The molecule has 0 aliphatic carbocycles. The summed E-state index contributed by atoms with van der Waals surface area (Å²) >= 11 is 0. The zero-order valence-corrected chi connectivity index (χ0v) is 19.4. The van der Waals surface area contributed by atoms with Gasteiger partial charge in [-0.1, -0.05) is 48.4 Å². The van der Waals surface area contributed by atoms with Crippen LogP contribution < -0.4 is 10.1 Å². The van der Waals surface area contributed by atoms with Crippen LogP contribution in [0.25, 0.3) is 11.0 Å². The Labute approximate surface area is 195 Å². The highest BCUT2D eigenvalue weighted by molar-refractivity contribution is 5.94. The van der Waals surface area contributed by atoms with Crippen molar-refractivity contribution in [3.63, 3.8) is 0 Å². The summed E-state index contributed by atoms with van der Waals surface area (Å²) in [5.41, 5.74) is 5.44. The zero-order chi connectivity index (χ0) is 23.0. The Hall–Kier alpha value is -3.60. The van der Waals surface area contributed by atoms with Crippen LogP contribution in [0.1, 0.15) is 46.6 Å². The molecule has 1 heterocycles. The molecule has 1 N–H and O–H groups in total. The highest BCUT2D eigenvalue weighted by Crippen LogP contribution is 2.20. The number of rotatable bonds is 10. The van der Waals surface area contributed by atoms with Gasteiger partial charge in [-0.05, 0) is 61.7 Å². The van der Waals surface area contributed by atoms with Crippen molar-refractivity contribution in [1.29, 1.82) is 0 Å². The van der Waals surface area contributed by atoms with Gasteiger partial charge in [0.2, 0.25) is 0 Å². The van der Waals surface area contributed by atoms with Crippen LogP contribution in [0, 0.1) is 6.92 Å². The number of carbonyl (C=O) groups is 1. The van der Waals surface area contributed by atoms with E-state index in [0.29, 0.717) is 12.1 Å². The second-order valence-corrected chi connectivity index (χ2v) is 8.38. The summed E-state index contributed by atoms with van der Waals surface area (Å²) in [5, 5.41) is 3.00. The Balaban J connectivity index is 1.30. The SMILES string of the molecule is COc1ccc(C(=O)NCCCCCc2nc3ccccc3n2Cc2ccc(C)cc2)cc1. The molecular weight excluding hydrogens is 410 g/mol. The summed E-state index contributed by atoms with van der Waals surface area (Å²) in [5.74, 6) is 1.83. The summed E-state index contributed by atoms with van der Waals surface area (Å²) < 4.78 is 7.48. The minimum absolute atomic E-state index is 0.0439. The molecule has 0 bridgehead atoms. The number of aromatic nitrogens is 2. The zero-order valence-electron chi connectivity index (χ0n) is 19.4. The van der Waals surface area contributed by atoms with E-state index < -0.39 is 0 Å². The van der Waals surface area contributed by atoms with Crippen molar-refractivity contribution in [2.45, 2.75) is 39.2 Å². The number of carbonyl (C=O) groups excluding carboxylic acids is 1. The van der Waals surface area contributed by atoms with E-state index >= 15 is 0 Å². The standard InChI is InChI=1S/C28H31N3O2/c1-21-11-13-22(14-12-21)20-31-26-9-6-5-8-25(26)30-27(31)10-4-3-7-19-29-28(32)23-15-17-24(33-2)18-16-23/h5-6,8-9,11-18H,3-4,7,10,19-20H2,1-2H3,(H,29,32). The maximum absolute atomic E-state index is 12.3. The number of methoxy groups -OCH3 is 1. The van der Waals surface area contributed by atoms with Gasteiger partial charge in [0.05, 0.1) is 18.1 Å². The van der Waals surface area contributed by atoms with Crippen LogP contribution in [0.4, 0.5) is 0 Å². The van der Waals surface area contributed by atoms with Crippen LogP contribution in [0.5, 0.6) is 5.75 Å². The van der Waals surface area contributed by atoms with Crippen molar-refractivity contribution >= 4 is 16.9 Å². The smallest absolute Gasteiger partial charge is 0.251 e. The van der Waals surface area contributed by atoms with E-state index in [4.69, 9.17) is 9.72 Å². The molecule has 0 saturated heterocycles. The Morgan fingerprint density at radius 3 is 2.45 bits per heavy atom. The number of ether oxygens (including phenoxy) is 1. The summed E-state index contributed by atoms with van der Waals surface area (Å²) in [7, 11) is 1.62. The molecule has 0 aliphatic rings. The molecule has 33 heavy (non-hydrogen) atoms. The molecule has 5 nitrogen and oxygen atoms in total. The predicted molar refractivity (Wildman–Crippen MR) is 133 cm³/mol. The Bertz CT molecular complexity index is 1190. The monoisotopic (exact) mass is 441 g/mol. The van der Waals surface area contributed by atoms with Crippen LogP contribution in [0.15, 0.2) is 72.8 Å². The predicted octanol–water partition coefficient (Wildman–Crippen LogP) is 5.54. The van der Waals surface area contributed by atoms with Crippen molar-refractivity contribution in [1.82, 2.24) is 14.9 Å². The van der Waals surface area contributed by atoms with Crippen LogP contribution in [0.3, 0.4) is 0 Å². The Morgan fingerprint density at radius 2 is 1.70 bits per heavy atom. The van der Waals surface area contributed by atoms with E-state index in [-0.39, 0.29) is 5.91 Å². The summed E-state index contributed by atoms with van der Waals surface area (Å²) in [6.45, 7) is 3.61. The number of hydrogen-bond acceptors (Lipinski definition) is 3. The number of nitrogens with one attached hydrogen (secondary N) is 1. The lowest BCUT2D eigenvalue weighted by Gasteiger charge is -2.10. The first kappa shape index (κ1) is 22.6. The largest absolute Gasteiger partial charge is 0.497 e. The van der Waals surface area contributed by atoms with E-state index in [1.807, 2.05) is 6.07 Å². The molecule has 0 saturated carbocycles. The van der Waals surface area contributed by atoms with Gasteiger partial charge < -0.3 is 14.6 Å². The van der Waals surface area contributed by atoms with Gasteiger partial charge in [0, 0.05) is 25.1 Å². The fourth-order valence-electron chi connectivity index (χ4n) is 4.00. The van der Waals surface area contributed by atoms with Crippen LogP contribution >= 0.6 is 0 Å². The molecule has 0 fully saturated rings. The highest BCUT2D eigenvalue weighted by Gasteiger charge is 2.11. The number of hydrogen-bond donors (Lipinski definition) is 1. The fraction of sp³-hybridized carbons (Fsp3) is 0.286. The molecule has 5 heteroatoms. The number of amides is 1. The number of para-hydroxylation sites is 2. The van der Waals surface area contributed by atoms with Gasteiger partial charge in [-0.3, -0.25) is 4.79 Å². The molecule has 4 aromatic rings. The second kappa shape index (κ2) is 10.8. The average Bonchev–Trinajstić information content (AvgIpc) is 3.19. The number of imidazole rings is 1. The maximum atomic E-state index is 12.3. The third-order valence-electron chi connectivity index (χ3n) is 5.91. The molecule has 0 spiro atoms. The average molecular weight is 442 g/mol. The summed E-state index contributed by atoms with van der Waals surface area (Å²) in [4.78, 5) is 17.2. The van der Waals surface area contributed by atoms with Crippen LogP contribution in [-0.4, -0.2) is 29.1 Å². The van der Waals surface area contributed by atoms with Crippen molar-refractivity contribution in [2.75, 3.05) is 13.7 Å². The lowest BCUT2D eigenvalue weighted by Crippen LogP contribution is -2.24. The molecule has 170 valence electrons. The van der Waals surface area contributed by atoms with Gasteiger partial charge >= 0.3 is 0 Å². The second-order valence-electron chi connectivity index (χ2n) is 8.38. The molecule has 1 aromatic heterocycles. The first-order chi connectivity index (χ1) is 16.1. The Kier molecular flexibility index (Phi) is 7.40. The van der Waals surface area contributed by atoms with E-state index in [2.05, 4.69) is 59.3 Å². The topological polar surface area (TPSA) is 56.1 Å². The molecular formula is C28H31N3O2. The lowest BCUT2D eigenvalue weighted by atomic mass is 10.1. The van der Waals surface area contributed by atoms with Crippen molar-refractivity contribution < 1.29 is 9.53 Å². The number of benzene rings is 3. The normalized spacial score (nSPS) is 11.0. The molecule has 0 unspecified atom stereocenters. The van der Waals surface area contributed by atoms with Gasteiger partial charge in [0.15, 0.2) is 0 Å². The van der Waals surface area contributed by atoms with Gasteiger partial charge in [-0.2, -0.15) is 0 Å². The van der Waals surface area contributed by atoms with Crippen molar-refractivity contribution in [3.05, 3.63) is 95.3 Å². The van der Waals surface area contributed by atoms with Gasteiger partial charge in [0.25, 0.3) is 5.91 Å². The van der Waals surface area contributed by atoms with E-state index in [9.17, 15) is 4.79 Å². The minimum atomic E-state index is -0.0439. The lowest BCUT2D eigenvalue weighted by molar-refractivity contribution is 0.0953. The molecule has 1 amide bonds. The van der Waals surface area contributed by atoms with Crippen molar-refractivity contribution in [2.24, 2.45) is 0 Å². The molecule has 0 aliphatic heterocycles. The van der Waals surface area contributed by atoms with E-state index in [0.717, 1.165) is 49.3 Å². The quantitative estimate of drug-likeness (QED) is 0.329. The van der Waals surface area contributed by atoms with E-state index in [1.54, 1.807) is 31.4 Å². The van der Waals surface area contributed by atoms with Gasteiger partial charge in [-0.25, -0.2) is 4.98 Å². The summed E-state index contributed by atoms with van der Waals surface area (Å²) in [6, 6.07) is 24.2. The van der Waals surface area contributed by atoms with E-state index in [1.165, 1.54) is 16.6 Å². The maximum Gasteiger partial charge on any atom is 0.251 e. The minimum Gasteiger partial charge on any atom is -0.497 e. The molecule has 3 aromatic carbocycles. The molecule has 0 radical (unpaired) electrons. The van der Waals surface area contributed by atoms with Gasteiger partial charge in [0.1, 0.15) is 11.6 Å². The fourth-order valence-corrected chi connectivity index (χ4v) is 4.00. The highest BCUT2D eigenvalue weighted by atomic mass is 16.5. The third kappa shape index (κ3) is 5.80. The van der Waals surface area contributed by atoms with Crippen LogP contribution in [-0.2, 0) is 13.0 Å². The molecule has 4 rings (SSSR count). The number of unbranched alkanes of at least 4 members (excludes halogenated alkanes) is 2. The van der Waals surface area contributed by atoms with Crippen molar-refractivity contribution in [3.8, 4) is 5.75 Å². The first-order valence-electron chi connectivity index (χ1n) is 11.6. The summed E-state index contributed by atoms with van der Waals surface area (Å²) in [6.07, 6.45) is 3.94. The first-order valence-corrected chi connectivity index (χ1v) is 11.6. The number of nitrogens with zero attached hydrogens (tertiary/aromatic N) is 2. The molecule has 0 atom stereocenters. The Morgan fingerprint density at radius 1 is 0.939 bits per heavy atom. The third-order valence-corrected chi connectivity index (χ3v) is 5.91.